The molecule has 7 heteroatoms. The summed E-state index contributed by atoms with van der Waals surface area (Å²) in [5.41, 5.74) is 3.24. The van der Waals surface area contributed by atoms with Gasteiger partial charge in [0, 0.05) is 11.4 Å². The number of anilines is 1. The molecule has 2 aromatic rings. The van der Waals surface area contributed by atoms with Crippen molar-refractivity contribution in [3.05, 3.63) is 29.3 Å². The number of hydrogen-bond acceptors (Lipinski definition) is 6. The Bertz CT molecular complexity index is 658. The Kier molecular flexibility index (Phi) is 7.39. The first kappa shape index (κ1) is 18.3. The van der Waals surface area contributed by atoms with Gasteiger partial charge in [-0.1, -0.05) is 54.3 Å². The highest BCUT2D eigenvalue weighted by Crippen LogP contribution is 2.29. The third-order valence-electron chi connectivity index (χ3n) is 3.23. The minimum atomic E-state index is -0.0198. The minimum Gasteiger partial charge on any atom is -0.325 e. The summed E-state index contributed by atoms with van der Waals surface area (Å²) in [5.74, 6) is 1.40. The zero-order valence-electron chi connectivity index (χ0n) is 13.6. The molecule has 0 saturated heterocycles. The molecule has 1 N–H and O–H groups in total. The summed E-state index contributed by atoms with van der Waals surface area (Å²) in [6.45, 7) is 6.27. The molecule has 0 bridgehead atoms. The second kappa shape index (κ2) is 9.30. The zero-order valence-corrected chi connectivity index (χ0v) is 16.0. The summed E-state index contributed by atoms with van der Waals surface area (Å²) in [6, 6.07) is 5.94. The van der Waals surface area contributed by atoms with E-state index >= 15 is 0 Å². The monoisotopic (exact) mass is 367 g/mol. The van der Waals surface area contributed by atoms with Crippen LogP contribution in [0.15, 0.2) is 26.9 Å². The van der Waals surface area contributed by atoms with Gasteiger partial charge in [-0.3, -0.25) is 4.79 Å². The van der Waals surface area contributed by atoms with Gasteiger partial charge in [-0.15, -0.1) is 10.2 Å². The maximum atomic E-state index is 12.0. The van der Waals surface area contributed by atoms with Crippen molar-refractivity contribution < 1.29 is 4.79 Å². The quantitative estimate of drug-likeness (QED) is 0.537. The van der Waals surface area contributed by atoms with Gasteiger partial charge < -0.3 is 5.32 Å². The number of unbranched alkanes of at least 4 members (excludes halogenated alkanes) is 1. The van der Waals surface area contributed by atoms with E-state index in [-0.39, 0.29) is 5.91 Å². The van der Waals surface area contributed by atoms with Gasteiger partial charge in [0.15, 0.2) is 8.68 Å². The summed E-state index contributed by atoms with van der Waals surface area (Å²) in [5, 5.41) is 11.2. The van der Waals surface area contributed by atoms with Crippen LogP contribution in [0.5, 0.6) is 0 Å². The highest BCUT2D eigenvalue weighted by Gasteiger charge is 2.09. The topological polar surface area (TPSA) is 54.9 Å². The van der Waals surface area contributed by atoms with Crippen molar-refractivity contribution in [2.45, 2.75) is 42.3 Å². The maximum absolute atomic E-state index is 12.0. The summed E-state index contributed by atoms with van der Waals surface area (Å²) < 4.78 is 1.83. The number of benzene rings is 1. The third-order valence-corrected chi connectivity index (χ3v) is 6.50. The summed E-state index contributed by atoms with van der Waals surface area (Å²) in [6.07, 6.45) is 2.37. The molecule has 0 fully saturated rings. The lowest BCUT2D eigenvalue weighted by Gasteiger charge is -2.06. The summed E-state index contributed by atoms with van der Waals surface area (Å²) >= 11 is 4.73. The molecule has 0 aliphatic rings. The van der Waals surface area contributed by atoms with Crippen molar-refractivity contribution in [2.75, 3.05) is 16.8 Å². The predicted octanol–water partition coefficient (Wildman–Crippen LogP) is 4.78. The summed E-state index contributed by atoms with van der Waals surface area (Å²) in [7, 11) is 0. The number of aromatic nitrogens is 2. The Balaban J connectivity index is 1.78. The van der Waals surface area contributed by atoms with E-state index in [9.17, 15) is 4.79 Å². The van der Waals surface area contributed by atoms with Crippen molar-refractivity contribution in [2.24, 2.45) is 0 Å². The fourth-order valence-electron chi connectivity index (χ4n) is 1.76. The molecule has 1 aromatic heterocycles. The van der Waals surface area contributed by atoms with E-state index in [2.05, 4.69) is 29.4 Å². The highest BCUT2D eigenvalue weighted by molar-refractivity contribution is 8.03. The molecule has 1 heterocycles. The number of carbonyl (C=O) groups excluding carboxylic acids is 1. The van der Waals surface area contributed by atoms with E-state index in [0.717, 1.165) is 20.1 Å². The fraction of sp³-hybridized carbons (Fsp3) is 0.438. The number of carbonyl (C=O) groups is 1. The van der Waals surface area contributed by atoms with E-state index in [1.165, 1.54) is 35.7 Å². The maximum Gasteiger partial charge on any atom is 0.234 e. The molecule has 0 aliphatic carbocycles. The van der Waals surface area contributed by atoms with Crippen molar-refractivity contribution in [1.29, 1.82) is 0 Å². The van der Waals surface area contributed by atoms with E-state index in [1.807, 2.05) is 25.1 Å². The van der Waals surface area contributed by atoms with E-state index in [4.69, 9.17) is 0 Å². The van der Waals surface area contributed by atoms with Crippen LogP contribution in [0.25, 0.3) is 0 Å². The average Bonchev–Trinajstić information content (AvgIpc) is 2.97. The molecule has 1 amide bonds. The van der Waals surface area contributed by atoms with Crippen LogP contribution >= 0.6 is 34.9 Å². The molecule has 0 saturated carbocycles. The van der Waals surface area contributed by atoms with Gasteiger partial charge in [0.1, 0.15) is 0 Å². The van der Waals surface area contributed by atoms with Gasteiger partial charge in [0.2, 0.25) is 5.91 Å². The zero-order chi connectivity index (χ0) is 16.7. The Hall–Kier alpha value is -1.05. The van der Waals surface area contributed by atoms with Crippen LogP contribution < -0.4 is 5.32 Å². The number of hydrogen-bond donors (Lipinski definition) is 1. The Morgan fingerprint density at radius 1 is 1.17 bits per heavy atom. The Labute approximate surface area is 149 Å². The second-order valence-electron chi connectivity index (χ2n) is 5.17. The van der Waals surface area contributed by atoms with Gasteiger partial charge in [-0.05, 0) is 43.5 Å². The number of nitrogens with zero attached hydrogens (tertiary/aromatic N) is 2. The first-order valence-corrected chi connectivity index (χ1v) is 10.3. The molecule has 0 aliphatic heterocycles. The van der Waals surface area contributed by atoms with E-state index in [0.29, 0.717) is 5.75 Å². The molecular weight excluding hydrogens is 346 g/mol. The number of rotatable bonds is 8. The van der Waals surface area contributed by atoms with Gasteiger partial charge in [0.05, 0.1) is 5.75 Å². The molecule has 0 atom stereocenters. The van der Waals surface area contributed by atoms with Crippen molar-refractivity contribution in [1.82, 2.24) is 10.2 Å². The van der Waals surface area contributed by atoms with Gasteiger partial charge >= 0.3 is 0 Å². The van der Waals surface area contributed by atoms with Gasteiger partial charge in [-0.2, -0.15) is 0 Å². The number of amides is 1. The standard InChI is InChI=1S/C16H21N3OS3/c1-4-5-8-21-15-18-19-16(23-15)22-10-14(20)17-13-7-6-11(2)12(3)9-13/h6-7,9H,4-5,8,10H2,1-3H3,(H,17,20). The van der Waals surface area contributed by atoms with Crippen LogP contribution in [0.2, 0.25) is 0 Å². The minimum absolute atomic E-state index is 0.0198. The summed E-state index contributed by atoms with van der Waals surface area (Å²) in [4.78, 5) is 12.0. The first-order valence-electron chi connectivity index (χ1n) is 7.54. The average molecular weight is 368 g/mol. The van der Waals surface area contributed by atoms with E-state index < -0.39 is 0 Å². The van der Waals surface area contributed by atoms with Crippen LogP contribution in [0.1, 0.15) is 30.9 Å². The third kappa shape index (κ3) is 6.16. The lowest BCUT2D eigenvalue weighted by atomic mass is 10.1. The molecule has 2 rings (SSSR count). The smallest absolute Gasteiger partial charge is 0.234 e. The molecule has 0 unspecified atom stereocenters. The predicted molar refractivity (Wildman–Crippen MR) is 101 cm³/mol. The van der Waals surface area contributed by atoms with Crippen LogP contribution in [-0.2, 0) is 4.79 Å². The van der Waals surface area contributed by atoms with Crippen molar-refractivity contribution in [3.8, 4) is 0 Å². The Morgan fingerprint density at radius 3 is 2.61 bits per heavy atom. The highest BCUT2D eigenvalue weighted by atomic mass is 32.2. The molecule has 1 aromatic carbocycles. The number of aryl methyl sites for hydroxylation is 2. The van der Waals surface area contributed by atoms with Crippen LogP contribution in [0, 0.1) is 13.8 Å². The molecular formula is C16H21N3OS3. The van der Waals surface area contributed by atoms with Crippen molar-refractivity contribution in [3.63, 3.8) is 0 Å². The fourth-order valence-corrected chi connectivity index (χ4v) is 4.74. The molecule has 124 valence electrons. The Morgan fingerprint density at radius 2 is 1.91 bits per heavy atom. The van der Waals surface area contributed by atoms with Crippen LogP contribution in [0.4, 0.5) is 5.69 Å². The van der Waals surface area contributed by atoms with Crippen LogP contribution in [-0.4, -0.2) is 27.6 Å². The number of thioether (sulfide) groups is 2. The van der Waals surface area contributed by atoms with Crippen LogP contribution in [0.3, 0.4) is 0 Å². The lowest BCUT2D eigenvalue weighted by Crippen LogP contribution is -2.14. The first-order chi connectivity index (χ1) is 11.1. The van der Waals surface area contributed by atoms with Gasteiger partial charge in [-0.25, -0.2) is 0 Å². The molecule has 0 radical (unpaired) electrons. The molecule has 0 spiro atoms. The normalized spacial score (nSPS) is 10.7. The molecule has 4 nitrogen and oxygen atoms in total. The lowest BCUT2D eigenvalue weighted by molar-refractivity contribution is -0.113. The van der Waals surface area contributed by atoms with Crippen molar-refractivity contribution >= 4 is 46.5 Å². The SMILES string of the molecule is CCCCSc1nnc(SCC(=O)Nc2ccc(C)c(C)c2)s1. The number of nitrogens with one attached hydrogen (secondary N) is 1. The largest absolute Gasteiger partial charge is 0.325 e. The molecule has 23 heavy (non-hydrogen) atoms. The van der Waals surface area contributed by atoms with E-state index in [1.54, 1.807) is 23.1 Å². The second-order valence-corrected chi connectivity index (χ2v) is 8.71. The van der Waals surface area contributed by atoms with Gasteiger partial charge in [0.25, 0.3) is 0 Å².